The number of hydrogen-bond donors (Lipinski definition) is 2. The normalized spacial score (nSPS) is 14.4. The molecule has 1 aliphatic rings. The van der Waals surface area contributed by atoms with Gasteiger partial charge in [0.25, 0.3) is 0 Å². The number of benzene rings is 1. The molecule has 3 rings (SSSR count). The second-order valence-corrected chi connectivity index (χ2v) is 7.97. The van der Waals surface area contributed by atoms with E-state index in [0.29, 0.717) is 5.15 Å². The van der Waals surface area contributed by atoms with E-state index >= 15 is 0 Å². The molecule has 8 heteroatoms. The van der Waals surface area contributed by atoms with Crippen molar-refractivity contribution in [1.29, 1.82) is 0 Å². The molecule has 1 aliphatic heterocycles. The monoisotopic (exact) mass is 531 g/mol. The Morgan fingerprint density at radius 1 is 1.11 bits per heavy atom. The first-order valence-corrected chi connectivity index (χ1v) is 10.7. The zero-order valence-electron chi connectivity index (χ0n) is 16.0. The lowest BCUT2D eigenvalue weighted by Gasteiger charge is -2.28. The minimum absolute atomic E-state index is 0. The molecule has 1 aromatic heterocycles. The van der Waals surface area contributed by atoms with Crippen LogP contribution in [-0.4, -0.2) is 49.1 Å². The van der Waals surface area contributed by atoms with Crippen LogP contribution in [0.5, 0.6) is 0 Å². The molecule has 0 radical (unpaired) electrons. The zero-order valence-corrected chi connectivity index (χ0v) is 19.9. The van der Waals surface area contributed by atoms with Crippen LogP contribution in [0.3, 0.4) is 0 Å². The topological polar surface area (TPSA) is 52.6 Å². The maximum Gasteiger partial charge on any atom is 0.191 e. The number of hydrogen-bond acceptors (Lipinski definition) is 4. The number of halogens is 2. The van der Waals surface area contributed by atoms with Crippen LogP contribution >= 0.6 is 47.3 Å². The van der Waals surface area contributed by atoms with Gasteiger partial charge in [-0.05, 0) is 35.7 Å². The van der Waals surface area contributed by atoms with E-state index in [1.165, 1.54) is 22.8 Å². The average molecular weight is 532 g/mol. The highest BCUT2D eigenvalue weighted by Crippen LogP contribution is 2.19. The molecule has 1 fully saturated rings. The molecule has 28 heavy (non-hydrogen) atoms. The summed E-state index contributed by atoms with van der Waals surface area (Å²) in [4.78, 5) is 10.8. The van der Waals surface area contributed by atoms with Crippen molar-refractivity contribution in [3.8, 4) is 0 Å². The number of aliphatic imine (C=N–C) groups is 1. The van der Waals surface area contributed by atoms with Gasteiger partial charge >= 0.3 is 0 Å². The first kappa shape index (κ1) is 23.1. The van der Waals surface area contributed by atoms with Crippen LogP contribution in [0.2, 0.25) is 5.15 Å². The van der Waals surface area contributed by atoms with E-state index < -0.39 is 0 Å². The van der Waals surface area contributed by atoms with Crippen molar-refractivity contribution >= 4 is 59.0 Å². The summed E-state index contributed by atoms with van der Waals surface area (Å²) in [5.74, 6) is 3.24. The Hall–Kier alpha value is -1.19. The summed E-state index contributed by atoms with van der Waals surface area (Å²) in [6.07, 6.45) is 2.68. The van der Waals surface area contributed by atoms with Crippen LogP contribution in [0.15, 0.2) is 47.6 Å². The van der Waals surface area contributed by atoms with E-state index in [2.05, 4.69) is 49.8 Å². The van der Waals surface area contributed by atoms with Gasteiger partial charge in [-0.3, -0.25) is 4.99 Å². The van der Waals surface area contributed by atoms with E-state index in [9.17, 15) is 0 Å². The molecule has 5 nitrogen and oxygen atoms in total. The van der Waals surface area contributed by atoms with Gasteiger partial charge in [-0.1, -0.05) is 29.8 Å². The van der Waals surface area contributed by atoms with Crippen molar-refractivity contribution in [3.05, 3.63) is 58.9 Å². The molecule has 2 aromatic rings. The van der Waals surface area contributed by atoms with Gasteiger partial charge in [0.1, 0.15) is 5.15 Å². The fourth-order valence-corrected chi connectivity index (χ4v) is 3.95. The molecule has 0 atom stereocenters. The summed E-state index contributed by atoms with van der Waals surface area (Å²) in [5, 5.41) is 7.22. The summed E-state index contributed by atoms with van der Waals surface area (Å²) in [6, 6.07) is 12.6. The Morgan fingerprint density at radius 3 is 2.46 bits per heavy atom. The quantitative estimate of drug-likeness (QED) is 0.257. The van der Waals surface area contributed by atoms with Crippen LogP contribution in [0, 0.1) is 0 Å². The Balaban J connectivity index is 0.00000280. The average Bonchev–Trinajstić information content (AvgIpc) is 2.73. The van der Waals surface area contributed by atoms with Gasteiger partial charge in [-0.15, -0.1) is 24.0 Å². The van der Waals surface area contributed by atoms with E-state index in [1.54, 1.807) is 7.05 Å². The lowest BCUT2D eigenvalue weighted by molar-refractivity contribution is 0.792. The van der Waals surface area contributed by atoms with Crippen LogP contribution in [0.1, 0.15) is 11.1 Å². The summed E-state index contributed by atoms with van der Waals surface area (Å²) < 4.78 is 0. The number of aromatic nitrogens is 1. The Labute approximate surface area is 193 Å². The largest absolute Gasteiger partial charge is 0.370 e. The molecule has 0 aliphatic carbocycles. The van der Waals surface area contributed by atoms with Crippen LogP contribution in [-0.2, 0) is 13.0 Å². The van der Waals surface area contributed by atoms with Gasteiger partial charge < -0.3 is 15.5 Å². The third kappa shape index (κ3) is 7.33. The zero-order chi connectivity index (χ0) is 18.9. The number of guanidine groups is 1. The van der Waals surface area contributed by atoms with E-state index in [1.807, 2.05) is 30.1 Å². The highest BCUT2D eigenvalue weighted by atomic mass is 127. The van der Waals surface area contributed by atoms with Crippen molar-refractivity contribution in [3.63, 3.8) is 0 Å². The minimum Gasteiger partial charge on any atom is -0.370 e. The fourth-order valence-electron chi connectivity index (χ4n) is 2.93. The second-order valence-electron chi connectivity index (χ2n) is 6.36. The SMILES string of the molecule is CN=C(NCCc1ccc(Cl)nc1)NCc1ccc(N2CCSCC2)cc1.I. The predicted molar refractivity (Wildman–Crippen MR) is 133 cm³/mol. The minimum atomic E-state index is 0. The highest BCUT2D eigenvalue weighted by molar-refractivity contribution is 14.0. The molecule has 1 aromatic carbocycles. The fraction of sp³-hybridized carbons (Fsp3) is 0.400. The molecular formula is C20H27ClIN5S. The number of anilines is 1. The van der Waals surface area contributed by atoms with Crippen LogP contribution in [0.25, 0.3) is 0 Å². The Kier molecular flexibility index (Phi) is 10.2. The van der Waals surface area contributed by atoms with E-state index in [-0.39, 0.29) is 24.0 Å². The standard InChI is InChI=1S/C20H26ClN5S.HI/c1-22-20(23-9-8-17-4-7-19(21)24-14-17)25-15-16-2-5-18(6-3-16)26-10-12-27-13-11-26;/h2-7,14H,8-13,15H2,1H3,(H2,22,23,25);1H. The molecule has 0 bridgehead atoms. The smallest absolute Gasteiger partial charge is 0.191 e. The van der Waals surface area contributed by atoms with E-state index in [4.69, 9.17) is 11.6 Å². The molecule has 2 heterocycles. The summed E-state index contributed by atoms with van der Waals surface area (Å²) in [5.41, 5.74) is 3.71. The number of pyridine rings is 1. The maximum absolute atomic E-state index is 5.81. The lowest BCUT2D eigenvalue weighted by Crippen LogP contribution is -2.37. The van der Waals surface area contributed by atoms with Gasteiger partial charge in [0.2, 0.25) is 0 Å². The number of rotatable bonds is 6. The molecule has 0 saturated carbocycles. The van der Waals surface area contributed by atoms with Crippen molar-refractivity contribution in [2.24, 2.45) is 4.99 Å². The van der Waals surface area contributed by atoms with Crippen molar-refractivity contribution in [2.75, 3.05) is 43.1 Å². The summed E-state index contributed by atoms with van der Waals surface area (Å²) in [6.45, 7) is 3.82. The molecule has 0 spiro atoms. The van der Waals surface area contributed by atoms with Crippen molar-refractivity contribution < 1.29 is 0 Å². The Morgan fingerprint density at radius 2 is 1.82 bits per heavy atom. The van der Waals surface area contributed by atoms with Gasteiger partial charge in [0.05, 0.1) is 0 Å². The first-order chi connectivity index (χ1) is 13.2. The van der Waals surface area contributed by atoms with Gasteiger partial charge in [-0.2, -0.15) is 11.8 Å². The summed E-state index contributed by atoms with van der Waals surface area (Å²) in [7, 11) is 1.79. The molecule has 0 amide bonds. The number of thioether (sulfide) groups is 1. The third-order valence-corrected chi connectivity index (χ3v) is 5.66. The third-order valence-electron chi connectivity index (χ3n) is 4.49. The van der Waals surface area contributed by atoms with Crippen molar-refractivity contribution in [2.45, 2.75) is 13.0 Å². The number of nitrogens with zero attached hydrogens (tertiary/aromatic N) is 3. The molecule has 152 valence electrons. The summed E-state index contributed by atoms with van der Waals surface area (Å²) >= 11 is 7.85. The van der Waals surface area contributed by atoms with Gasteiger partial charge in [0, 0.05) is 56.6 Å². The highest BCUT2D eigenvalue weighted by Gasteiger charge is 2.10. The predicted octanol–water partition coefficient (Wildman–Crippen LogP) is 3.81. The molecular weight excluding hydrogens is 505 g/mol. The molecule has 1 saturated heterocycles. The van der Waals surface area contributed by atoms with Gasteiger partial charge in [0.15, 0.2) is 5.96 Å². The van der Waals surface area contributed by atoms with Crippen LogP contribution < -0.4 is 15.5 Å². The van der Waals surface area contributed by atoms with Crippen molar-refractivity contribution in [1.82, 2.24) is 15.6 Å². The second kappa shape index (κ2) is 12.4. The maximum atomic E-state index is 5.81. The molecule has 2 N–H and O–H groups in total. The number of nitrogens with one attached hydrogen (secondary N) is 2. The lowest BCUT2D eigenvalue weighted by atomic mass is 10.2. The van der Waals surface area contributed by atoms with Crippen LogP contribution in [0.4, 0.5) is 5.69 Å². The first-order valence-electron chi connectivity index (χ1n) is 9.21. The molecule has 0 unspecified atom stereocenters. The van der Waals surface area contributed by atoms with Gasteiger partial charge in [-0.25, -0.2) is 4.98 Å². The van der Waals surface area contributed by atoms with E-state index in [0.717, 1.165) is 44.1 Å². The Bertz CT molecular complexity index is 733.